The highest BCUT2D eigenvalue weighted by molar-refractivity contribution is 5.46. The first-order valence-corrected chi connectivity index (χ1v) is 6.74. The zero-order chi connectivity index (χ0) is 13.1. The van der Waals surface area contributed by atoms with Gasteiger partial charge in [-0.1, -0.05) is 6.92 Å². The lowest BCUT2D eigenvalue weighted by molar-refractivity contribution is 0.315. The monoisotopic (exact) mass is 248 g/mol. The number of hydrogen-bond acceptors (Lipinski definition) is 4. The molecule has 1 aliphatic rings. The Bertz CT molecular complexity index is 374. The predicted molar refractivity (Wildman–Crippen MR) is 75.8 cm³/mol. The topological polar surface area (TPSA) is 45.4 Å². The van der Waals surface area contributed by atoms with Crippen LogP contribution >= 0.6 is 0 Å². The van der Waals surface area contributed by atoms with Crippen molar-refractivity contribution in [3.8, 4) is 0 Å². The summed E-state index contributed by atoms with van der Waals surface area (Å²) >= 11 is 0. The summed E-state index contributed by atoms with van der Waals surface area (Å²) in [7, 11) is 4.30. The number of likely N-dealkylation sites (N-methyl/N-ethyl adjacent to an activating group) is 1. The van der Waals surface area contributed by atoms with E-state index in [0.29, 0.717) is 6.04 Å². The zero-order valence-electron chi connectivity index (χ0n) is 11.6. The van der Waals surface area contributed by atoms with Crippen LogP contribution in [0.4, 0.5) is 5.69 Å². The minimum Gasteiger partial charge on any atom is -0.369 e. The Labute approximate surface area is 110 Å². The van der Waals surface area contributed by atoms with E-state index >= 15 is 0 Å². The number of rotatable bonds is 4. The van der Waals surface area contributed by atoms with Gasteiger partial charge in [-0.15, -0.1) is 0 Å². The SMILES string of the molecule is CC[C@@H](N)c1ccc(N2CCC(N(C)C)C2)cn1. The Balaban J connectivity index is 2.02. The van der Waals surface area contributed by atoms with Gasteiger partial charge in [0.05, 0.1) is 17.6 Å². The van der Waals surface area contributed by atoms with Gasteiger partial charge in [0.2, 0.25) is 0 Å². The van der Waals surface area contributed by atoms with Crippen molar-refractivity contribution < 1.29 is 0 Å². The minimum absolute atomic E-state index is 0.0622. The summed E-state index contributed by atoms with van der Waals surface area (Å²) in [5.74, 6) is 0. The van der Waals surface area contributed by atoms with Gasteiger partial charge in [0.15, 0.2) is 0 Å². The highest BCUT2D eigenvalue weighted by Crippen LogP contribution is 2.22. The van der Waals surface area contributed by atoms with Gasteiger partial charge in [-0.3, -0.25) is 4.98 Å². The van der Waals surface area contributed by atoms with Gasteiger partial charge in [0.25, 0.3) is 0 Å². The quantitative estimate of drug-likeness (QED) is 0.879. The Morgan fingerprint density at radius 2 is 2.28 bits per heavy atom. The van der Waals surface area contributed by atoms with Crippen LogP contribution in [0.2, 0.25) is 0 Å². The lowest BCUT2D eigenvalue weighted by Gasteiger charge is -2.22. The smallest absolute Gasteiger partial charge is 0.0572 e. The Morgan fingerprint density at radius 1 is 1.50 bits per heavy atom. The molecular weight excluding hydrogens is 224 g/mol. The average Bonchev–Trinajstić information content (AvgIpc) is 2.88. The normalized spacial score (nSPS) is 21.6. The van der Waals surface area contributed by atoms with Gasteiger partial charge in [-0.2, -0.15) is 0 Å². The third-order valence-electron chi connectivity index (χ3n) is 3.85. The molecule has 18 heavy (non-hydrogen) atoms. The van der Waals surface area contributed by atoms with Crippen LogP contribution in [0.15, 0.2) is 18.3 Å². The molecule has 0 spiro atoms. The lowest BCUT2D eigenvalue weighted by atomic mass is 10.1. The van der Waals surface area contributed by atoms with E-state index in [9.17, 15) is 0 Å². The van der Waals surface area contributed by atoms with Gasteiger partial charge < -0.3 is 15.5 Å². The van der Waals surface area contributed by atoms with Crippen molar-refractivity contribution in [3.05, 3.63) is 24.0 Å². The molecule has 1 fully saturated rings. The van der Waals surface area contributed by atoms with Gasteiger partial charge in [0, 0.05) is 25.2 Å². The van der Waals surface area contributed by atoms with Crippen LogP contribution in [-0.2, 0) is 0 Å². The summed E-state index contributed by atoms with van der Waals surface area (Å²) in [4.78, 5) is 9.19. The summed E-state index contributed by atoms with van der Waals surface area (Å²) in [5, 5.41) is 0. The Kier molecular flexibility index (Phi) is 4.19. The molecule has 1 aromatic heterocycles. The Hall–Kier alpha value is -1.13. The largest absolute Gasteiger partial charge is 0.369 e. The van der Waals surface area contributed by atoms with Crippen LogP contribution in [0.25, 0.3) is 0 Å². The molecule has 1 unspecified atom stereocenters. The van der Waals surface area contributed by atoms with Crippen LogP contribution < -0.4 is 10.6 Å². The number of pyridine rings is 1. The third kappa shape index (κ3) is 2.82. The van der Waals surface area contributed by atoms with Crippen molar-refractivity contribution in [2.24, 2.45) is 5.73 Å². The molecule has 2 atom stereocenters. The third-order valence-corrected chi connectivity index (χ3v) is 3.85. The van der Waals surface area contributed by atoms with E-state index in [2.05, 4.69) is 47.9 Å². The van der Waals surface area contributed by atoms with Crippen molar-refractivity contribution >= 4 is 5.69 Å². The number of anilines is 1. The zero-order valence-corrected chi connectivity index (χ0v) is 11.6. The van der Waals surface area contributed by atoms with Crippen molar-refractivity contribution in [2.75, 3.05) is 32.1 Å². The number of nitrogens with zero attached hydrogens (tertiary/aromatic N) is 3. The van der Waals surface area contributed by atoms with E-state index in [-0.39, 0.29) is 6.04 Å². The maximum Gasteiger partial charge on any atom is 0.0572 e. The van der Waals surface area contributed by atoms with E-state index in [4.69, 9.17) is 5.73 Å². The summed E-state index contributed by atoms with van der Waals surface area (Å²) in [6.07, 6.45) is 4.12. The minimum atomic E-state index is 0.0622. The lowest BCUT2D eigenvalue weighted by Crippen LogP contribution is -2.31. The molecule has 0 radical (unpaired) electrons. The fourth-order valence-electron chi connectivity index (χ4n) is 2.41. The first-order chi connectivity index (χ1) is 8.61. The van der Waals surface area contributed by atoms with Crippen molar-refractivity contribution in [2.45, 2.75) is 31.8 Å². The van der Waals surface area contributed by atoms with Gasteiger partial charge in [-0.25, -0.2) is 0 Å². The maximum absolute atomic E-state index is 5.98. The molecule has 0 aliphatic carbocycles. The van der Waals surface area contributed by atoms with Crippen LogP contribution in [0.1, 0.15) is 31.5 Å². The van der Waals surface area contributed by atoms with Gasteiger partial charge in [-0.05, 0) is 39.1 Å². The summed E-state index contributed by atoms with van der Waals surface area (Å²) in [6.45, 7) is 4.29. The van der Waals surface area contributed by atoms with Crippen molar-refractivity contribution in [1.82, 2.24) is 9.88 Å². The molecule has 0 bridgehead atoms. The van der Waals surface area contributed by atoms with E-state index in [1.165, 1.54) is 12.1 Å². The average molecular weight is 248 g/mol. The highest BCUT2D eigenvalue weighted by Gasteiger charge is 2.24. The molecule has 1 aromatic rings. The summed E-state index contributed by atoms with van der Waals surface area (Å²) < 4.78 is 0. The summed E-state index contributed by atoms with van der Waals surface area (Å²) in [6, 6.07) is 4.93. The number of nitrogens with two attached hydrogens (primary N) is 1. The molecule has 0 saturated carbocycles. The van der Waals surface area contributed by atoms with Crippen molar-refractivity contribution in [1.29, 1.82) is 0 Å². The van der Waals surface area contributed by atoms with Gasteiger partial charge >= 0.3 is 0 Å². The molecule has 0 aromatic carbocycles. The molecular formula is C14H24N4. The number of aromatic nitrogens is 1. The molecule has 4 nitrogen and oxygen atoms in total. The van der Waals surface area contributed by atoms with Crippen LogP contribution in [0.3, 0.4) is 0 Å². The molecule has 100 valence electrons. The van der Waals surface area contributed by atoms with Crippen LogP contribution in [-0.4, -0.2) is 43.1 Å². The van der Waals surface area contributed by atoms with Crippen LogP contribution in [0.5, 0.6) is 0 Å². The first-order valence-electron chi connectivity index (χ1n) is 6.74. The number of hydrogen-bond donors (Lipinski definition) is 1. The second kappa shape index (κ2) is 5.67. The molecule has 2 heterocycles. The maximum atomic E-state index is 5.98. The molecule has 1 aliphatic heterocycles. The van der Waals surface area contributed by atoms with Crippen molar-refractivity contribution in [3.63, 3.8) is 0 Å². The fourth-order valence-corrected chi connectivity index (χ4v) is 2.41. The van der Waals surface area contributed by atoms with Gasteiger partial charge in [0.1, 0.15) is 0 Å². The second-order valence-electron chi connectivity index (χ2n) is 5.31. The van der Waals surface area contributed by atoms with E-state index in [1.807, 2.05) is 6.20 Å². The van der Waals surface area contributed by atoms with E-state index < -0.39 is 0 Å². The molecule has 1 saturated heterocycles. The molecule has 2 N–H and O–H groups in total. The standard InChI is InChI=1S/C14H24N4/c1-4-13(15)14-6-5-11(9-16-14)18-8-7-12(10-18)17(2)3/h5-6,9,12-13H,4,7-8,10,15H2,1-3H3/t12?,13-/m1/s1. The second-order valence-corrected chi connectivity index (χ2v) is 5.31. The summed E-state index contributed by atoms with van der Waals surface area (Å²) in [5.41, 5.74) is 8.18. The van der Waals surface area contributed by atoms with E-state index in [1.54, 1.807) is 0 Å². The van der Waals surface area contributed by atoms with E-state index in [0.717, 1.165) is 25.2 Å². The fraction of sp³-hybridized carbons (Fsp3) is 0.643. The first kappa shape index (κ1) is 13.3. The molecule has 2 rings (SSSR count). The molecule has 0 amide bonds. The predicted octanol–water partition coefficient (Wildman–Crippen LogP) is 1.63. The molecule has 4 heteroatoms. The van der Waals surface area contributed by atoms with Crippen LogP contribution in [0, 0.1) is 0 Å². The highest BCUT2D eigenvalue weighted by atomic mass is 15.2. The Morgan fingerprint density at radius 3 is 2.78 bits per heavy atom.